The Morgan fingerprint density at radius 2 is 2.06 bits per heavy atom. The van der Waals surface area contributed by atoms with E-state index in [2.05, 4.69) is 15.5 Å². The van der Waals surface area contributed by atoms with Crippen LogP contribution in [0, 0.1) is 18.3 Å². The monoisotopic (exact) mass is 442 g/mol. The van der Waals surface area contributed by atoms with Crippen molar-refractivity contribution in [1.82, 2.24) is 10.1 Å². The highest BCUT2D eigenvalue weighted by atomic mass is 16.5. The van der Waals surface area contributed by atoms with Crippen molar-refractivity contribution < 1.29 is 19.2 Å². The number of carbonyl (C=O) groups is 1. The summed E-state index contributed by atoms with van der Waals surface area (Å²) in [5.74, 6) is -0.435. The molecule has 0 aliphatic rings. The van der Waals surface area contributed by atoms with Crippen molar-refractivity contribution in [3.63, 3.8) is 0 Å². The van der Waals surface area contributed by atoms with E-state index in [1.807, 2.05) is 12.1 Å². The van der Waals surface area contributed by atoms with Gasteiger partial charge in [-0.25, -0.2) is 0 Å². The van der Waals surface area contributed by atoms with E-state index in [1.54, 1.807) is 50.4 Å². The summed E-state index contributed by atoms with van der Waals surface area (Å²) in [6.45, 7) is 1.55. The van der Waals surface area contributed by atoms with Crippen LogP contribution >= 0.6 is 0 Å². The molecule has 0 spiro atoms. The maximum atomic E-state index is 12.7. The van der Waals surface area contributed by atoms with Gasteiger partial charge in [0, 0.05) is 22.3 Å². The van der Waals surface area contributed by atoms with Crippen molar-refractivity contribution in [2.45, 2.75) is 6.92 Å². The highest BCUT2D eigenvalue weighted by Gasteiger charge is 2.20. The molecular formula is C24H18N4O5. The second-order valence-corrected chi connectivity index (χ2v) is 7.13. The molecule has 0 unspecified atom stereocenters. The van der Waals surface area contributed by atoms with E-state index in [9.17, 15) is 20.0 Å². The zero-order valence-corrected chi connectivity index (χ0v) is 17.7. The van der Waals surface area contributed by atoms with E-state index in [-0.39, 0.29) is 16.9 Å². The number of hydrogen-bond acceptors (Lipinski definition) is 7. The Labute approximate surface area is 187 Å². The Hall–Kier alpha value is -4.84. The molecule has 2 aromatic carbocycles. The number of nitrogens with one attached hydrogen (secondary N) is 2. The molecule has 164 valence electrons. The molecule has 0 bridgehead atoms. The number of rotatable bonds is 5. The van der Waals surface area contributed by atoms with Crippen molar-refractivity contribution in [2.24, 2.45) is 0 Å². The van der Waals surface area contributed by atoms with Crippen LogP contribution in [0.2, 0.25) is 0 Å². The van der Waals surface area contributed by atoms with E-state index in [1.165, 1.54) is 12.3 Å². The summed E-state index contributed by atoms with van der Waals surface area (Å²) >= 11 is 0. The van der Waals surface area contributed by atoms with Gasteiger partial charge < -0.3 is 24.7 Å². The topological polar surface area (TPSA) is 141 Å². The predicted molar refractivity (Wildman–Crippen MR) is 122 cm³/mol. The van der Waals surface area contributed by atoms with Crippen LogP contribution in [-0.4, -0.2) is 28.3 Å². The average Bonchev–Trinajstić information content (AvgIpc) is 3.25. The molecule has 4 rings (SSSR count). The minimum absolute atomic E-state index is 0.148. The highest BCUT2D eigenvalue weighted by Crippen LogP contribution is 2.26. The summed E-state index contributed by atoms with van der Waals surface area (Å²) in [5, 5.41) is 26.9. The maximum Gasteiger partial charge on any atom is 0.270 e. The number of nitrogens with zero attached hydrogens (tertiary/aromatic N) is 2. The number of H-pyrrole nitrogens is 1. The first kappa shape index (κ1) is 21.4. The van der Waals surface area contributed by atoms with E-state index in [4.69, 9.17) is 9.26 Å². The Kier molecular flexibility index (Phi) is 5.66. The van der Waals surface area contributed by atoms with Crippen molar-refractivity contribution in [1.29, 1.82) is 5.26 Å². The molecule has 4 aromatic rings. The lowest BCUT2D eigenvalue weighted by atomic mass is 10.1. The van der Waals surface area contributed by atoms with E-state index in [0.717, 1.165) is 5.56 Å². The number of methoxy groups -OCH3 is 1. The molecule has 0 fully saturated rings. The van der Waals surface area contributed by atoms with Crippen LogP contribution in [0.4, 0.5) is 5.69 Å². The summed E-state index contributed by atoms with van der Waals surface area (Å²) in [7, 11) is 1.56. The molecule has 0 aliphatic heterocycles. The van der Waals surface area contributed by atoms with Gasteiger partial charge in [-0.2, -0.15) is 5.26 Å². The van der Waals surface area contributed by atoms with Gasteiger partial charge in [-0.15, -0.1) is 0 Å². The summed E-state index contributed by atoms with van der Waals surface area (Å²) in [5.41, 5.74) is 1.04. The SMILES string of the molecule is COc1cccc(-c2cc3cc(NC(=O)/C(C#N)=C(\O)c4cnoc4C)ccc3c(=O)[nH]2)c1. The van der Waals surface area contributed by atoms with E-state index in [0.29, 0.717) is 27.9 Å². The van der Waals surface area contributed by atoms with Gasteiger partial charge in [0.2, 0.25) is 0 Å². The molecule has 3 N–H and O–H groups in total. The first-order chi connectivity index (χ1) is 15.9. The molecule has 0 radical (unpaired) electrons. The lowest BCUT2D eigenvalue weighted by Crippen LogP contribution is -2.15. The number of pyridine rings is 1. The second-order valence-electron chi connectivity index (χ2n) is 7.13. The fourth-order valence-corrected chi connectivity index (χ4v) is 3.36. The molecule has 9 heteroatoms. The first-order valence-electron chi connectivity index (χ1n) is 9.79. The van der Waals surface area contributed by atoms with Crippen LogP contribution in [0.1, 0.15) is 11.3 Å². The fourth-order valence-electron chi connectivity index (χ4n) is 3.36. The molecular weight excluding hydrogens is 424 g/mol. The summed E-state index contributed by atoms with van der Waals surface area (Å²) in [6.07, 6.45) is 1.22. The number of anilines is 1. The molecule has 0 atom stereocenters. The zero-order chi connectivity index (χ0) is 23.5. The first-order valence-corrected chi connectivity index (χ1v) is 9.79. The number of amides is 1. The summed E-state index contributed by atoms with van der Waals surface area (Å²) in [4.78, 5) is 28.1. The summed E-state index contributed by atoms with van der Waals surface area (Å²) < 4.78 is 10.1. The zero-order valence-electron chi connectivity index (χ0n) is 17.7. The van der Waals surface area contributed by atoms with Crippen molar-refractivity contribution in [2.75, 3.05) is 12.4 Å². The van der Waals surface area contributed by atoms with Gasteiger partial charge in [-0.1, -0.05) is 17.3 Å². The van der Waals surface area contributed by atoms with Crippen LogP contribution < -0.4 is 15.6 Å². The van der Waals surface area contributed by atoms with Crippen molar-refractivity contribution in [3.8, 4) is 23.1 Å². The van der Waals surface area contributed by atoms with Crippen LogP contribution in [0.15, 0.2) is 69.6 Å². The minimum Gasteiger partial charge on any atom is -0.506 e. The van der Waals surface area contributed by atoms with Crippen LogP contribution in [0.25, 0.3) is 27.8 Å². The number of aromatic amines is 1. The number of benzene rings is 2. The molecule has 0 aliphatic carbocycles. The Bertz CT molecular complexity index is 1510. The lowest BCUT2D eigenvalue weighted by molar-refractivity contribution is -0.112. The van der Waals surface area contributed by atoms with Crippen molar-refractivity contribution >= 4 is 28.1 Å². The van der Waals surface area contributed by atoms with Gasteiger partial charge in [0.15, 0.2) is 11.3 Å². The van der Waals surface area contributed by atoms with Gasteiger partial charge in [-0.3, -0.25) is 9.59 Å². The molecule has 2 heterocycles. The number of aryl methyl sites for hydroxylation is 1. The van der Waals surface area contributed by atoms with Crippen LogP contribution in [-0.2, 0) is 4.79 Å². The number of carbonyl (C=O) groups excluding carboxylic acids is 1. The lowest BCUT2D eigenvalue weighted by Gasteiger charge is -2.09. The maximum absolute atomic E-state index is 12.7. The molecule has 0 saturated carbocycles. The number of aliphatic hydroxyl groups is 1. The van der Waals surface area contributed by atoms with Gasteiger partial charge in [0.1, 0.15) is 17.6 Å². The third kappa shape index (κ3) is 4.18. The number of aromatic nitrogens is 2. The van der Waals surface area contributed by atoms with Gasteiger partial charge in [-0.05, 0) is 48.7 Å². The Balaban J connectivity index is 1.70. The largest absolute Gasteiger partial charge is 0.506 e. The Morgan fingerprint density at radius 3 is 2.76 bits per heavy atom. The van der Waals surface area contributed by atoms with Crippen LogP contribution in [0.5, 0.6) is 5.75 Å². The van der Waals surface area contributed by atoms with Gasteiger partial charge in [0.25, 0.3) is 11.5 Å². The molecule has 33 heavy (non-hydrogen) atoms. The standard InChI is InChI=1S/C24H18N4O5/c1-13-20(12-26-33-13)22(29)19(11-25)24(31)27-16-6-7-18-15(8-16)10-21(28-23(18)30)14-4-3-5-17(9-14)32-2/h3-10,12,29H,1-2H3,(H,27,31)(H,28,30)/b22-19-. The quantitative estimate of drug-likeness (QED) is 0.241. The normalized spacial score (nSPS) is 11.5. The smallest absolute Gasteiger partial charge is 0.270 e. The van der Waals surface area contributed by atoms with E-state index < -0.39 is 17.2 Å². The Morgan fingerprint density at radius 1 is 1.24 bits per heavy atom. The summed E-state index contributed by atoms with van der Waals surface area (Å²) in [6, 6.07) is 15.4. The third-order valence-corrected chi connectivity index (χ3v) is 5.06. The predicted octanol–water partition coefficient (Wildman–Crippen LogP) is 3.93. The second kappa shape index (κ2) is 8.72. The van der Waals surface area contributed by atoms with Gasteiger partial charge in [0.05, 0.1) is 18.9 Å². The fraction of sp³-hybridized carbons (Fsp3) is 0.0833. The molecule has 0 saturated heterocycles. The average molecular weight is 442 g/mol. The van der Waals surface area contributed by atoms with Crippen LogP contribution in [0.3, 0.4) is 0 Å². The van der Waals surface area contributed by atoms with Crippen molar-refractivity contribution in [3.05, 3.63) is 82.0 Å². The minimum atomic E-state index is -0.812. The molecule has 1 amide bonds. The number of aliphatic hydroxyl groups excluding tert-OH is 1. The number of ether oxygens (including phenoxy) is 1. The van der Waals surface area contributed by atoms with Gasteiger partial charge >= 0.3 is 0 Å². The molecule has 2 aromatic heterocycles. The third-order valence-electron chi connectivity index (χ3n) is 5.06. The van der Waals surface area contributed by atoms with E-state index >= 15 is 0 Å². The number of fused-ring (bicyclic) bond motifs is 1. The number of hydrogen-bond donors (Lipinski definition) is 3. The molecule has 9 nitrogen and oxygen atoms in total. The number of nitriles is 1. The highest BCUT2D eigenvalue weighted by molar-refractivity contribution is 6.11.